The average Bonchev–Trinajstić information content (AvgIpc) is 2.79. The van der Waals surface area contributed by atoms with E-state index >= 15 is 0 Å². The van der Waals surface area contributed by atoms with Gasteiger partial charge in [-0.1, -0.05) is 54.6 Å². The summed E-state index contributed by atoms with van der Waals surface area (Å²) in [5, 5.41) is 0. The fraction of sp³-hybridized carbons (Fsp3) is 0.0800. The maximum absolute atomic E-state index is 13.3. The maximum Gasteiger partial charge on any atom is 0.123 e. The van der Waals surface area contributed by atoms with Gasteiger partial charge in [-0.2, -0.15) is 0 Å². The SMILES string of the molecule is [2H]C([2H])([2H])c1ccc(-c2cc(-c3ccc(F)cc3)ccn2)cc1C([2H])([2H])c1ccccc1. The second kappa shape index (κ2) is 7.55. The molecule has 0 radical (unpaired) electrons. The minimum Gasteiger partial charge on any atom is -0.256 e. The van der Waals surface area contributed by atoms with Gasteiger partial charge in [0.25, 0.3) is 0 Å². The molecule has 0 amide bonds. The van der Waals surface area contributed by atoms with Crippen LogP contribution in [-0.4, -0.2) is 4.98 Å². The third-order valence-electron chi connectivity index (χ3n) is 4.31. The molecule has 132 valence electrons. The summed E-state index contributed by atoms with van der Waals surface area (Å²) in [6, 6.07) is 22.9. The van der Waals surface area contributed by atoms with Crippen LogP contribution in [0.15, 0.2) is 91.1 Å². The summed E-state index contributed by atoms with van der Waals surface area (Å²) in [4.78, 5) is 4.40. The predicted molar refractivity (Wildman–Crippen MR) is 109 cm³/mol. The van der Waals surface area contributed by atoms with Crippen LogP contribution in [-0.2, 0) is 6.37 Å². The molecule has 0 saturated carbocycles. The van der Waals surface area contributed by atoms with Gasteiger partial charge in [-0.05, 0) is 71.4 Å². The zero-order chi connectivity index (χ0) is 22.9. The van der Waals surface area contributed by atoms with Gasteiger partial charge < -0.3 is 0 Å². The molecule has 0 unspecified atom stereocenters. The number of hydrogen-bond donors (Lipinski definition) is 0. The third kappa shape index (κ3) is 3.95. The highest BCUT2D eigenvalue weighted by Gasteiger charge is 2.07. The molecule has 2 heteroatoms. The van der Waals surface area contributed by atoms with Crippen molar-refractivity contribution in [2.24, 2.45) is 0 Å². The molecular formula is C25H20FN. The van der Waals surface area contributed by atoms with E-state index in [0.717, 1.165) is 11.1 Å². The van der Waals surface area contributed by atoms with E-state index in [0.29, 0.717) is 16.8 Å². The second-order valence-electron chi connectivity index (χ2n) is 6.19. The maximum atomic E-state index is 13.3. The predicted octanol–water partition coefficient (Wildman–Crippen LogP) is 6.45. The summed E-state index contributed by atoms with van der Waals surface area (Å²) in [5.41, 5.74) is 3.21. The van der Waals surface area contributed by atoms with E-state index in [4.69, 9.17) is 6.85 Å². The molecule has 0 aliphatic rings. The normalized spacial score (nSPS) is 14.5. The van der Waals surface area contributed by atoms with E-state index in [-0.39, 0.29) is 16.9 Å². The largest absolute Gasteiger partial charge is 0.256 e. The summed E-state index contributed by atoms with van der Waals surface area (Å²) in [7, 11) is 0. The van der Waals surface area contributed by atoms with Crippen molar-refractivity contribution < 1.29 is 11.2 Å². The van der Waals surface area contributed by atoms with Crippen LogP contribution in [0.1, 0.15) is 23.5 Å². The lowest BCUT2D eigenvalue weighted by Gasteiger charge is -2.10. The van der Waals surface area contributed by atoms with Gasteiger partial charge in [-0.15, -0.1) is 0 Å². The Balaban J connectivity index is 1.84. The highest BCUT2D eigenvalue weighted by Crippen LogP contribution is 2.27. The van der Waals surface area contributed by atoms with E-state index in [2.05, 4.69) is 4.98 Å². The third-order valence-corrected chi connectivity index (χ3v) is 4.31. The number of hydrogen-bond acceptors (Lipinski definition) is 1. The van der Waals surface area contributed by atoms with Crippen LogP contribution >= 0.6 is 0 Å². The molecule has 0 N–H and O–H groups in total. The summed E-state index contributed by atoms with van der Waals surface area (Å²) in [6.07, 6.45) is -0.396. The molecular weight excluding hydrogens is 333 g/mol. The summed E-state index contributed by atoms with van der Waals surface area (Å²) in [5.74, 6) is -0.323. The molecule has 1 aromatic heterocycles. The van der Waals surface area contributed by atoms with Gasteiger partial charge in [-0.3, -0.25) is 4.98 Å². The van der Waals surface area contributed by atoms with Crippen LogP contribution in [0, 0.1) is 12.7 Å². The fourth-order valence-corrected chi connectivity index (χ4v) is 2.89. The number of nitrogens with zero attached hydrogens (tertiary/aromatic N) is 1. The quantitative estimate of drug-likeness (QED) is 0.408. The number of halogens is 1. The molecule has 0 saturated heterocycles. The van der Waals surface area contributed by atoms with E-state index in [1.165, 1.54) is 18.2 Å². The Labute approximate surface area is 166 Å². The molecule has 1 nitrogen and oxygen atoms in total. The summed E-state index contributed by atoms with van der Waals surface area (Å²) in [6.45, 7) is -2.47. The van der Waals surface area contributed by atoms with Gasteiger partial charge >= 0.3 is 0 Å². The minimum absolute atomic E-state index is 0.0372. The van der Waals surface area contributed by atoms with Crippen molar-refractivity contribution in [2.45, 2.75) is 13.2 Å². The van der Waals surface area contributed by atoms with Crippen LogP contribution in [0.5, 0.6) is 0 Å². The summed E-state index contributed by atoms with van der Waals surface area (Å²) < 4.78 is 54.5. The molecule has 1 heterocycles. The van der Waals surface area contributed by atoms with Gasteiger partial charge in [0, 0.05) is 18.6 Å². The molecule has 0 aliphatic carbocycles. The monoisotopic (exact) mass is 358 g/mol. The van der Waals surface area contributed by atoms with Crippen LogP contribution in [0.3, 0.4) is 0 Å². The lowest BCUT2D eigenvalue weighted by molar-refractivity contribution is 0.628. The molecule has 4 rings (SSSR count). The molecule has 0 bridgehead atoms. The van der Waals surface area contributed by atoms with Crippen molar-refractivity contribution in [2.75, 3.05) is 0 Å². The van der Waals surface area contributed by atoms with Crippen molar-refractivity contribution in [1.29, 1.82) is 0 Å². The molecule has 3 aromatic carbocycles. The Hall–Kier alpha value is -3.26. The Morgan fingerprint density at radius 1 is 0.852 bits per heavy atom. The Morgan fingerprint density at radius 2 is 1.63 bits per heavy atom. The first-order valence-electron chi connectivity index (χ1n) is 11.1. The standard InChI is InChI=1S/C25H20FN/c1-18-7-8-22(16-23(18)15-19-5-3-2-4-6-19)25-17-21(13-14-27-25)20-9-11-24(26)12-10-20/h2-14,16-17H,15H2,1H3/i1D3,15D2. The second-order valence-corrected chi connectivity index (χ2v) is 6.19. The highest BCUT2D eigenvalue weighted by atomic mass is 19.1. The van der Waals surface area contributed by atoms with Crippen molar-refractivity contribution in [3.8, 4) is 22.4 Å². The van der Waals surface area contributed by atoms with Gasteiger partial charge in [-0.25, -0.2) is 4.39 Å². The first kappa shape index (κ1) is 12.2. The number of aryl methyl sites for hydroxylation is 1. The van der Waals surface area contributed by atoms with Gasteiger partial charge in [0.1, 0.15) is 5.82 Å². The molecule has 4 aromatic rings. The van der Waals surface area contributed by atoms with Gasteiger partial charge in [0.15, 0.2) is 0 Å². The van der Waals surface area contributed by atoms with Crippen LogP contribution < -0.4 is 0 Å². The zero-order valence-corrected chi connectivity index (χ0v) is 14.5. The number of pyridine rings is 1. The van der Waals surface area contributed by atoms with Crippen LogP contribution in [0.25, 0.3) is 22.4 Å². The lowest BCUT2D eigenvalue weighted by atomic mass is 9.96. The van der Waals surface area contributed by atoms with E-state index < -0.39 is 13.2 Å². The molecule has 0 aliphatic heterocycles. The van der Waals surface area contributed by atoms with E-state index in [1.807, 2.05) is 6.07 Å². The average molecular weight is 358 g/mol. The number of benzene rings is 3. The van der Waals surface area contributed by atoms with E-state index in [1.54, 1.807) is 66.9 Å². The number of aromatic nitrogens is 1. The van der Waals surface area contributed by atoms with E-state index in [9.17, 15) is 4.39 Å². The Bertz CT molecular complexity index is 1240. The first-order valence-corrected chi connectivity index (χ1v) is 8.59. The highest BCUT2D eigenvalue weighted by molar-refractivity contribution is 5.70. The van der Waals surface area contributed by atoms with Crippen molar-refractivity contribution >= 4 is 0 Å². The molecule has 0 atom stereocenters. The van der Waals surface area contributed by atoms with Gasteiger partial charge in [0.05, 0.1) is 5.69 Å². The first-order chi connectivity index (χ1) is 15.2. The summed E-state index contributed by atoms with van der Waals surface area (Å²) >= 11 is 0. The molecule has 27 heavy (non-hydrogen) atoms. The molecule has 0 fully saturated rings. The van der Waals surface area contributed by atoms with Crippen LogP contribution in [0.4, 0.5) is 4.39 Å². The fourth-order valence-electron chi connectivity index (χ4n) is 2.89. The molecule has 0 spiro atoms. The van der Waals surface area contributed by atoms with Crippen molar-refractivity contribution in [3.63, 3.8) is 0 Å². The smallest absolute Gasteiger partial charge is 0.123 e. The zero-order valence-electron chi connectivity index (χ0n) is 19.5. The van der Waals surface area contributed by atoms with Crippen LogP contribution in [0.2, 0.25) is 0 Å². The topological polar surface area (TPSA) is 12.9 Å². The Kier molecular flexibility index (Phi) is 3.41. The minimum atomic E-state index is -2.47. The lowest BCUT2D eigenvalue weighted by Crippen LogP contribution is -1.94. The Morgan fingerprint density at radius 3 is 2.41 bits per heavy atom. The van der Waals surface area contributed by atoms with Crippen molar-refractivity contribution in [3.05, 3.63) is 114 Å². The van der Waals surface area contributed by atoms with Gasteiger partial charge in [0.2, 0.25) is 0 Å². The number of rotatable bonds is 4. The van der Waals surface area contributed by atoms with Crippen molar-refractivity contribution in [1.82, 2.24) is 4.98 Å².